The summed E-state index contributed by atoms with van der Waals surface area (Å²) in [5.74, 6) is -1.02. The average Bonchev–Trinajstić information content (AvgIpc) is 2.37. The van der Waals surface area contributed by atoms with E-state index in [1.165, 1.54) is 18.4 Å². The Morgan fingerprint density at radius 3 is 2.52 bits per heavy atom. The van der Waals surface area contributed by atoms with Crippen LogP contribution in [0.3, 0.4) is 0 Å². The lowest BCUT2D eigenvalue weighted by molar-refractivity contribution is -0.140. The monoisotopic (exact) mass is 296 g/mol. The molecule has 0 fully saturated rings. The van der Waals surface area contributed by atoms with Crippen LogP contribution in [0, 0.1) is 0 Å². The Labute approximate surface area is 127 Å². The fraction of sp³-hybridized carbons (Fsp3) is 0.750. The van der Waals surface area contributed by atoms with E-state index in [2.05, 4.69) is 11.4 Å². The van der Waals surface area contributed by atoms with Crippen molar-refractivity contribution in [2.24, 2.45) is 0 Å². The van der Waals surface area contributed by atoms with Crippen LogP contribution < -0.4 is 5.32 Å². The van der Waals surface area contributed by atoms with Gasteiger partial charge < -0.3 is 10.4 Å². The zero-order valence-electron chi connectivity index (χ0n) is 13.4. The van der Waals surface area contributed by atoms with Gasteiger partial charge in [-0.3, -0.25) is 14.5 Å². The van der Waals surface area contributed by atoms with Crippen molar-refractivity contribution < 1.29 is 14.7 Å². The molecule has 0 heterocycles. The third-order valence-corrected chi connectivity index (χ3v) is 3.76. The van der Waals surface area contributed by atoms with Gasteiger partial charge in [-0.2, -0.15) is 0 Å². The highest BCUT2D eigenvalue weighted by molar-refractivity contribution is 5.79. The number of amides is 1. The summed E-state index contributed by atoms with van der Waals surface area (Å²) < 4.78 is 0. The Hall–Kier alpha value is -1.36. The minimum Gasteiger partial charge on any atom is -0.480 e. The second-order valence-corrected chi connectivity index (χ2v) is 6.63. The van der Waals surface area contributed by atoms with Crippen molar-refractivity contribution in [2.75, 3.05) is 19.6 Å². The number of carbonyl (C=O) groups excluding carboxylic acids is 1. The third kappa shape index (κ3) is 7.27. The maximum Gasteiger partial charge on any atom is 0.317 e. The minimum absolute atomic E-state index is 0.109. The Bertz CT molecular complexity index is 397. The van der Waals surface area contributed by atoms with Crippen molar-refractivity contribution >= 4 is 11.9 Å². The molecule has 0 unspecified atom stereocenters. The van der Waals surface area contributed by atoms with Crippen molar-refractivity contribution in [3.8, 4) is 0 Å². The van der Waals surface area contributed by atoms with E-state index >= 15 is 0 Å². The van der Waals surface area contributed by atoms with Gasteiger partial charge in [0.25, 0.3) is 0 Å². The summed E-state index contributed by atoms with van der Waals surface area (Å²) >= 11 is 0. The molecule has 1 rings (SSSR count). The number of carboxylic acids is 1. The molecule has 0 bridgehead atoms. The van der Waals surface area contributed by atoms with Crippen LogP contribution in [0.2, 0.25) is 0 Å². The van der Waals surface area contributed by atoms with E-state index in [4.69, 9.17) is 5.11 Å². The molecule has 0 aromatic heterocycles. The molecule has 0 aromatic rings. The molecular weight excluding hydrogens is 268 g/mol. The second-order valence-electron chi connectivity index (χ2n) is 6.63. The molecule has 21 heavy (non-hydrogen) atoms. The fourth-order valence-corrected chi connectivity index (χ4v) is 2.42. The lowest BCUT2D eigenvalue weighted by Crippen LogP contribution is -2.49. The van der Waals surface area contributed by atoms with E-state index in [-0.39, 0.29) is 24.5 Å². The highest BCUT2D eigenvalue weighted by Crippen LogP contribution is 2.19. The van der Waals surface area contributed by atoms with Gasteiger partial charge in [0, 0.05) is 12.1 Å². The van der Waals surface area contributed by atoms with E-state index in [0.717, 1.165) is 19.3 Å². The maximum atomic E-state index is 12.0. The van der Waals surface area contributed by atoms with E-state index < -0.39 is 5.97 Å². The van der Waals surface area contributed by atoms with Crippen molar-refractivity contribution in [3.63, 3.8) is 0 Å². The molecule has 0 aliphatic heterocycles. The first-order valence-electron chi connectivity index (χ1n) is 7.70. The zero-order valence-corrected chi connectivity index (χ0v) is 13.4. The van der Waals surface area contributed by atoms with Gasteiger partial charge in [0.2, 0.25) is 5.91 Å². The van der Waals surface area contributed by atoms with Crippen LogP contribution in [0.15, 0.2) is 11.6 Å². The SMILES string of the molecule is CC(C)(C)N(CC(=O)O)CC(=O)NCCC1=CCCCC1. The Balaban J connectivity index is 2.36. The van der Waals surface area contributed by atoms with Gasteiger partial charge in [0.1, 0.15) is 0 Å². The number of allylic oxidation sites excluding steroid dienone is 1. The van der Waals surface area contributed by atoms with E-state index in [1.54, 1.807) is 4.90 Å². The number of aliphatic carboxylic acids is 1. The van der Waals surface area contributed by atoms with Crippen molar-refractivity contribution in [3.05, 3.63) is 11.6 Å². The van der Waals surface area contributed by atoms with Gasteiger partial charge >= 0.3 is 5.97 Å². The minimum atomic E-state index is -0.912. The number of carboxylic acid groups (broad SMARTS) is 1. The van der Waals surface area contributed by atoms with E-state index in [0.29, 0.717) is 6.54 Å². The first kappa shape index (κ1) is 17.7. The predicted octanol–water partition coefficient (Wildman–Crippen LogP) is 2.18. The van der Waals surface area contributed by atoms with Crippen molar-refractivity contribution in [2.45, 2.75) is 58.4 Å². The van der Waals surface area contributed by atoms with Crippen molar-refractivity contribution in [1.82, 2.24) is 10.2 Å². The van der Waals surface area contributed by atoms with Gasteiger partial charge in [-0.15, -0.1) is 0 Å². The molecule has 1 aliphatic rings. The standard InChI is InChI=1S/C16H28N2O3/c1-16(2,3)18(12-15(20)21)11-14(19)17-10-9-13-7-5-4-6-8-13/h7H,4-6,8-12H2,1-3H3,(H,17,19)(H,20,21). The predicted molar refractivity (Wildman–Crippen MR) is 83.1 cm³/mol. The highest BCUT2D eigenvalue weighted by atomic mass is 16.4. The quantitative estimate of drug-likeness (QED) is 0.707. The Morgan fingerprint density at radius 1 is 1.29 bits per heavy atom. The van der Waals surface area contributed by atoms with Gasteiger partial charge in [0.15, 0.2) is 0 Å². The van der Waals surface area contributed by atoms with Gasteiger partial charge in [-0.1, -0.05) is 11.6 Å². The Morgan fingerprint density at radius 2 is 2.00 bits per heavy atom. The van der Waals surface area contributed by atoms with E-state index in [9.17, 15) is 9.59 Å². The summed E-state index contributed by atoms with van der Waals surface area (Å²) in [5.41, 5.74) is 1.08. The number of nitrogens with one attached hydrogen (secondary N) is 1. The lowest BCUT2D eigenvalue weighted by Gasteiger charge is -2.33. The van der Waals surface area contributed by atoms with Crippen LogP contribution in [0.1, 0.15) is 52.9 Å². The highest BCUT2D eigenvalue weighted by Gasteiger charge is 2.25. The number of nitrogens with zero attached hydrogens (tertiary/aromatic N) is 1. The molecule has 1 aliphatic carbocycles. The van der Waals surface area contributed by atoms with Crippen LogP contribution in [0.5, 0.6) is 0 Å². The third-order valence-electron chi connectivity index (χ3n) is 3.76. The number of hydrogen-bond acceptors (Lipinski definition) is 3. The molecule has 0 atom stereocenters. The lowest BCUT2D eigenvalue weighted by atomic mass is 9.97. The fourth-order valence-electron chi connectivity index (χ4n) is 2.42. The van der Waals surface area contributed by atoms with Crippen LogP contribution in [0.4, 0.5) is 0 Å². The first-order chi connectivity index (χ1) is 9.79. The summed E-state index contributed by atoms with van der Waals surface area (Å²) in [5, 5.41) is 11.8. The molecule has 5 heteroatoms. The molecule has 120 valence electrons. The molecule has 0 saturated heterocycles. The summed E-state index contributed by atoms with van der Waals surface area (Å²) in [4.78, 5) is 24.5. The van der Waals surface area contributed by atoms with Crippen molar-refractivity contribution in [1.29, 1.82) is 0 Å². The van der Waals surface area contributed by atoms with Gasteiger partial charge in [0.05, 0.1) is 13.1 Å². The van der Waals surface area contributed by atoms with Crippen LogP contribution in [-0.2, 0) is 9.59 Å². The Kier molecular flexibility index (Phi) is 6.89. The first-order valence-corrected chi connectivity index (χ1v) is 7.70. The number of hydrogen-bond donors (Lipinski definition) is 2. The average molecular weight is 296 g/mol. The van der Waals surface area contributed by atoms with Crippen LogP contribution >= 0.6 is 0 Å². The molecule has 0 radical (unpaired) electrons. The number of rotatable bonds is 7. The normalized spacial score (nSPS) is 15.7. The molecule has 0 saturated carbocycles. The summed E-state index contributed by atoms with van der Waals surface area (Å²) in [6, 6.07) is 0. The molecular formula is C16H28N2O3. The molecule has 5 nitrogen and oxygen atoms in total. The van der Waals surface area contributed by atoms with Gasteiger partial charge in [-0.05, 0) is 52.9 Å². The van der Waals surface area contributed by atoms with Crippen LogP contribution in [0.25, 0.3) is 0 Å². The molecule has 1 amide bonds. The topological polar surface area (TPSA) is 69.6 Å². The van der Waals surface area contributed by atoms with Crippen LogP contribution in [-0.4, -0.2) is 47.1 Å². The number of carbonyl (C=O) groups is 2. The second kappa shape index (κ2) is 8.17. The zero-order chi connectivity index (χ0) is 15.9. The molecule has 2 N–H and O–H groups in total. The molecule has 0 spiro atoms. The van der Waals surface area contributed by atoms with Gasteiger partial charge in [-0.25, -0.2) is 0 Å². The van der Waals surface area contributed by atoms with E-state index in [1.807, 2.05) is 20.8 Å². The summed E-state index contributed by atoms with van der Waals surface area (Å²) in [6.45, 7) is 6.37. The summed E-state index contributed by atoms with van der Waals surface area (Å²) in [6.07, 6.45) is 7.99. The summed E-state index contributed by atoms with van der Waals surface area (Å²) in [7, 11) is 0. The molecule has 0 aromatic carbocycles. The largest absolute Gasteiger partial charge is 0.480 e. The maximum absolute atomic E-state index is 12.0. The smallest absolute Gasteiger partial charge is 0.317 e.